The number of ether oxygens (including phenoxy) is 2. The van der Waals surface area contributed by atoms with Crippen LogP contribution in [0.2, 0.25) is 0 Å². The van der Waals surface area contributed by atoms with Crippen molar-refractivity contribution in [2.45, 2.75) is 32.8 Å². The summed E-state index contributed by atoms with van der Waals surface area (Å²) in [5, 5.41) is 0.947. The first-order valence-electron chi connectivity index (χ1n) is 8.43. The first kappa shape index (κ1) is 18.5. The third kappa shape index (κ3) is 4.10. The highest BCUT2D eigenvalue weighted by atomic mass is 79.9. The second-order valence-electron chi connectivity index (χ2n) is 7.18. The van der Waals surface area contributed by atoms with Gasteiger partial charge in [-0.15, -0.1) is 0 Å². The summed E-state index contributed by atoms with van der Waals surface area (Å²) in [6.45, 7) is 5.61. The normalized spacial score (nSPS) is 11.6. The lowest BCUT2D eigenvalue weighted by Gasteiger charge is -2.21. The van der Waals surface area contributed by atoms with Crippen LogP contribution < -0.4 is 4.74 Å². The smallest absolute Gasteiger partial charge is 0.419 e. The second kappa shape index (κ2) is 7.16. The predicted molar refractivity (Wildman–Crippen MR) is 107 cm³/mol. The molecule has 0 aliphatic heterocycles. The molecule has 0 fully saturated rings. The average Bonchev–Trinajstić information content (AvgIpc) is 2.92. The van der Waals surface area contributed by atoms with Gasteiger partial charge in [0.15, 0.2) is 0 Å². The Kier molecular flexibility index (Phi) is 5.10. The Hall–Kier alpha value is -2.27. The van der Waals surface area contributed by atoms with Crippen LogP contribution in [-0.4, -0.2) is 23.4 Å². The van der Waals surface area contributed by atoms with E-state index in [0.29, 0.717) is 6.42 Å². The topological polar surface area (TPSA) is 40.5 Å². The largest absolute Gasteiger partial charge is 0.497 e. The van der Waals surface area contributed by atoms with Crippen LogP contribution in [0.1, 0.15) is 32.0 Å². The van der Waals surface area contributed by atoms with Crippen LogP contribution in [0, 0.1) is 0 Å². The maximum absolute atomic E-state index is 12.9. The van der Waals surface area contributed by atoms with Crippen molar-refractivity contribution >= 4 is 32.9 Å². The molecule has 3 rings (SSSR count). The van der Waals surface area contributed by atoms with Crippen LogP contribution in [0.4, 0.5) is 4.79 Å². The van der Waals surface area contributed by atoms with Gasteiger partial charge in [-0.25, -0.2) is 9.36 Å². The molecule has 1 heterocycles. The minimum absolute atomic E-state index is 0.371. The summed E-state index contributed by atoms with van der Waals surface area (Å²) in [4.78, 5) is 12.9. The van der Waals surface area contributed by atoms with E-state index in [-0.39, 0.29) is 6.09 Å². The van der Waals surface area contributed by atoms with Crippen molar-refractivity contribution < 1.29 is 14.3 Å². The van der Waals surface area contributed by atoms with E-state index in [4.69, 9.17) is 9.47 Å². The number of hydrogen-bond donors (Lipinski definition) is 0. The van der Waals surface area contributed by atoms with Crippen molar-refractivity contribution in [3.63, 3.8) is 0 Å². The number of fused-ring (bicyclic) bond motifs is 1. The first-order chi connectivity index (χ1) is 12.3. The van der Waals surface area contributed by atoms with E-state index in [1.54, 1.807) is 11.7 Å². The first-order valence-corrected chi connectivity index (χ1v) is 9.22. The number of rotatable bonds is 3. The molecule has 0 amide bonds. The zero-order valence-electron chi connectivity index (χ0n) is 15.4. The summed E-state index contributed by atoms with van der Waals surface area (Å²) >= 11 is 3.45. The molecule has 4 nitrogen and oxygen atoms in total. The van der Waals surface area contributed by atoms with Crippen molar-refractivity contribution in [2.24, 2.45) is 0 Å². The van der Waals surface area contributed by atoms with E-state index in [2.05, 4.69) is 15.9 Å². The van der Waals surface area contributed by atoms with Gasteiger partial charge in [-0.3, -0.25) is 0 Å². The van der Waals surface area contributed by atoms with Crippen LogP contribution in [0.5, 0.6) is 5.75 Å². The zero-order valence-corrected chi connectivity index (χ0v) is 17.0. The van der Waals surface area contributed by atoms with Gasteiger partial charge >= 0.3 is 6.09 Å². The van der Waals surface area contributed by atoms with Crippen LogP contribution in [-0.2, 0) is 11.2 Å². The molecule has 0 radical (unpaired) electrons. The standard InChI is InChI=1S/C21H22BrNO3/c1-21(2,3)26-20(24)23-17(11-14-5-7-16(22)8-6-14)12-15-13-18(25-4)9-10-19(15)23/h5-10,12-13H,11H2,1-4H3. The van der Waals surface area contributed by atoms with E-state index in [0.717, 1.165) is 32.4 Å². The highest BCUT2D eigenvalue weighted by molar-refractivity contribution is 9.10. The van der Waals surface area contributed by atoms with E-state index in [1.807, 2.05) is 69.3 Å². The van der Waals surface area contributed by atoms with Crippen LogP contribution in [0.15, 0.2) is 53.0 Å². The molecule has 0 unspecified atom stereocenters. The maximum Gasteiger partial charge on any atom is 0.419 e. The molecule has 0 aliphatic carbocycles. The van der Waals surface area contributed by atoms with Gasteiger partial charge in [-0.05, 0) is 62.7 Å². The van der Waals surface area contributed by atoms with Gasteiger partial charge in [-0.2, -0.15) is 0 Å². The third-order valence-electron chi connectivity index (χ3n) is 3.96. The maximum atomic E-state index is 12.9. The number of benzene rings is 2. The second-order valence-corrected chi connectivity index (χ2v) is 8.10. The van der Waals surface area contributed by atoms with E-state index in [9.17, 15) is 4.79 Å². The number of halogens is 1. The number of carbonyl (C=O) groups is 1. The Morgan fingerprint density at radius 2 is 1.77 bits per heavy atom. The molecule has 0 atom stereocenters. The number of nitrogens with zero attached hydrogens (tertiary/aromatic N) is 1. The zero-order chi connectivity index (χ0) is 18.9. The molecule has 0 spiro atoms. The number of carbonyl (C=O) groups excluding carboxylic acids is 1. The molecular formula is C21H22BrNO3. The van der Waals surface area contributed by atoms with Crippen LogP contribution in [0.25, 0.3) is 10.9 Å². The molecule has 136 valence electrons. The van der Waals surface area contributed by atoms with Crippen LogP contribution in [0.3, 0.4) is 0 Å². The predicted octanol–water partition coefficient (Wildman–Crippen LogP) is 5.79. The van der Waals surface area contributed by atoms with Gasteiger partial charge in [0.2, 0.25) is 0 Å². The van der Waals surface area contributed by atoms with Crippen molar-refractivity contribution in [1.29, 1.82) is 0 Å². The summed E-state index contributed by atoms with van der Waals surface area (Å²) in [5.41, 5.74) is 2.25. The summed E-state index contributed by atoms with van der Waals surface area (Å²) in [6, 6.07) is 15.8. The van der Waals surface area contributed by atoms with E-state index in [1.165, 1.54) is 0 Å². The van der Waals surface area contributed by atoms with Gasteiger partial charge < -0.3 is 9.47 Å². The summed E-state index contributed by atoms with van der Waals surface area (Å²) in [7, 11) is 1.63. The van der Waals surface area contributed by atoms with Gasteiger partial charge in [-0.1, -0.05) is 28.1 Å². The molecule has 0 saturated heterocycles. The summed E-state index contributed by atoms with van der Waals surface area (Å²) < 4.78 is 13.6. The average molecular weight is 416 g/mol. The fourth-order valence-electron chi connectivity index (χ4n) is 2.84. The van der Waals surface area contributed by atoms with Crippen molar-refractivity contribution in [2.75, 3.05) is 7.11 Å². The fourth-order valence-corrected chi connectivity index (χ4v) is 3.11. The fraction of sp³-hybridized carbons (Fsp3) is 0.286. The SMILES string of the molecule is COc1ccc2c(c1)cc(Cc1ccc(Br)cc1)n2C(=O)OC(C)(C)C. The van der Waals surface area contributed by atoms with E-state index < -0.39 is 5.60 Å². The minimum Gasteiger partial charge on any atom is -0.497 e. The molecule has 3 aromatic rings. The Morgan fingerprint density at radius 3 is 2.38 bits per heavy atom. The van der Waals surface area contributed by atoms with Gasteiger partial charge in [0.25, 0.3) is 0 Å². The van der Waals surface area contributed by atoms with Gasteiger partial charge in [0.1, 0.15) is 11.4 Å². The summed E-state index contributed by atoms with van der Waals surface area (Å²) in [6.07, 6.45) is 0.258. The van der Waals surface area contributed by atoms with Crippen molar-refractivity contribution in [3.05, 3.63) is 64.3 Å². The molecule has 2 aromatic carbocycles. The quantitative estimate of drug-likeness (QED) is 0.543. The van der Waals surface area contributed by atoms with Crippen LogP contribution >= 0.6 is 15.9 Å². The number of aromatic nitrogens is 1. The molecular weight excluding hydrogens is 394 g/mol. The number of methoxy groups -OCH3 is 1. The monoisotopic (exact) mass is 415 g/mol. The van der Waals surface area contributed by atoms with Gasteiger partial charge in [0.05, 0.1) is 12.6 Å². The molecule has 0 aliphatic rings. The highest BCUT2D eigenvalue weighted by Gasteiger charge is 2.22. The lowest BCUT2D eigenvalue weighted by atomic mass is 10.1. The molecule has 26 heavy (non-hydrogen) atoms. The molecule has 0 bridgehead atoms. The Balaban J connectivity index is 2.08. The lowest BCUT2D eigenvalue weighted by molar-refractivity contribution is 0.0541. The molecule has 0 N–H and O–H groups in total. The Morgan fingerprint density at radius 1 is 1.08 bits per heavy atom. The van der Waals surface area contributed by atoms with Gasteiger partial charge in [0, 0.05) is 22.0 Å². The molecule has 0 saturated carbocycles. The Labute approximate surface area is 161 Å². The van der Waals surface area contributed by atoms with Crippen molar-refractivity contribution in [3.8, 4) is 5.75 Å². The Bertz CT molecular complexity index is 936. The molecule has 1 aromatic heterocycles. The minimum atomic E-state index is -0.560. The van der Waals surface area contributed by atoms with Crippen molar-refractivity contribution in [1.82, 2.24) is 4.57 Å². The number of hydrogen-bond acceptors (Lipinski definition) is 3. The van der Waals surface area contributed by atoms with E-state index >= 15 is 0 Å². The highest BCUT2D eigenvalue weighted by Crippen LogP contribution is 2.27. The third-order valence-corrected chi connectivity index (χ3v) is 4.49. The summed E-state index contributed by atoms with van der Waals surface area (Å²) in [5.74, 6) is 0.758. The lowest BCUT2D eigenvalue weighted by Crippen LogP contribution is -2.28. The molecule has 5 heteroatoms.